The van der Waals surface area contributed by atoms with Gasteiger partial charge in [-0.25, -0.2) is 0 Å². The van der Waals surface area contributed by atoms with Crippen LogP contribution in [-0.2, 0) is 0 Å². The maximum atomic E-state index is 12.7. The molecular formula is C20H20N6O. The van der Waals surface area contributed by atoms with Gasteiger partial charge in [0.15, 0.2) is 5.57 Å². The molecule has 0 radical (unpaired) electrons. The molecule has 1 amide bonds. The van der Waals surface area contributed by atoms with Crippen LogP contribution in [0.2, 0.25) is 0 Å². The minimum atomic E-state index is -0.277. The van der Waals surface area contributed by atoms with E-state index >= 15 is 0 Å². The van der Waals surface area contributed by atoms with E-state index in [1.54, 1.807) is 18.2 Å². The highest BCUT2D eigenvalue weighted by molar-refractivity contribution is 5.97. The third kappa shape index (κ3) is 3.86. The fraction of sp³-hybridized carbons (Fsp3) is 0.400. The summed E-state index contributed by atoms with van der Waals surface area (Å²) in [4.78, 5) is 16.7. The smallest absolute Gasteiger partial charge is 0.253 e. The summed E-state index contributed by atoms with van der Waals surface area (Å²) in [7, 11) is 0. The number of nitriles is 3. The molecule has 3 rings (SSSR count). The number of hydrogen-bond donors (Lipinski definition) is 1. The molecule has 1 aromatic carbocycles. The molecule has 27 heavy (non-hydrogen) atoms. The number of hydrogen-bond acceptors (Lipinski definition) is 6. The highest BCUT2D eigenvalue weighted by atomic mass is 16.2. The van der Waals surface area contributed by atoms with Crippen molar-refractivity contribution in [3.63, 3.8) is 0 Å². The van der Waals surface area contributed by atoms with Crippen molar-refractivity contribution in [1.82, 2.24) is 4.90 Å². The maximum absolute atomic E-state index is 12.7. The number of likely N-dealkylation sites (tertiary alicyclic amines) is 1. The average molecular weight is 360 g/mol. The van der Waals surface area contributed by atoms with Gasteiger partial charge in [0.25, 0.3) is 5.91 Å². The van der Waals surface area contributed by atoms with E-state index in [1.807, 2.05) is 23.1 Å². The Morgan fingerprint density at radius 3 is 2.15 bits per heavy atom. The van der Waals surface area contributed by atoms with Crippen molar-refractivity contribution < 1.29 is 4.79 Å². The molecule has 7 nitrogen and oxygen atoms in total. The summed E-state index contributed by atoms with van der Waals surface area (Å²) in [5, 5.41) is 30.4. The van der Waals surface area contributed by atoms with Gasteiger partial charge in [-0.2, -0.15) is 15.8 Å². The predicted molar refractivity (Wildman–Crippen MR) is 101 cm³/mol. The van der Waals surface area contributed by atoms with Gasteiger partial charge in [-0.1, -0.05) is 0 Å². The van der Waals surface area contributed by atoms with E-state index < -0.39 is 0 Å². The van der Waals surface area contributed by atoms with Crippen molar-refractivity contribution in [2.45, 2.75) is 25.7 Å². The molecule has 2 saturated heterocycles. The lowest BCUT2D eigenvalue weighted by molar-refractivity contribution is 0.0793. The van der Waals surface area contributed by atoms with Gasteiger partial charge in [0.1, 0.15) is 23.9 Å². The molecule has 2 aliphatic heterocycles. The van der Waals surface area contributed by atoms with E-state index in [4.69, 9.17) is 10.5 Å². The van der Waals surface area contributed by atoms with Crippen molar-refractivity contribution in [2.24, 2.45) is 0 Å². The molecule has 0 bridgehead atoms. The first kappa shape index (κ1) is 18.3. The number of carbonyl (C=O) groups excluding carboxylic acids is 1. The number of benzene rings is 1. The molecule has 2 heterocycles. The number of carbonyl (C=O) groups is 1. The number of anilines is 2. The van der Waals surface area contributed by atoms with Gasteiger partial charge in [0.05, 0.1) is 11.4 Å². The fourth-order valence-electron chi connectivity index (χ4n) is 3.52. The monoisotopic (exact) mass is 360 g/mol. The Bertz CT molecular complexity index is 871. The van der Waals surface area contributed by atoms with Crippen molar-refractivity contribution >= 4 is 17.3 Å². The van der Waals surface area contributed by atoms with E-state index in [0.717, 1.165) is 57.5 Å². The summed E-state index contributed by atoms with van der Waals surface area (Å²) in [5.41, 5.74) is 1.59. The van der Waals surface area contributed by atoms with Crippen LogP contribution in [0.5, 0.6) is 0 Å². The zero-order chi connectivity index (χ0) is 19.2. The third-order valence-electron chi connectivity index (χ3n) is 4.93. The van der Waals surface area contributed by atoms with Crippen LogP contribution >= 0.6 is 0 Å². The van der Waals surface area contributed by atoms with Crippen LogP contribution in [-0.4, -0.2) is 37.0 Å². The summed E-state index contributed by atoms with van der Waals surface area (Å²) in [6.45, 7) is 3.30. The molecule has 0 unspecified atom stereocenters. The molecule has 2 fully saturated rings. The Kier molecular flexibility index (Phi) is 5.59. The number of allylic oxidation sites excluding steroid dienone is 2. The maximum Gasteiger partial charge on any atom is 0.253 e. The number of rotatable bonds is 4. The Morgan fingerprint density at radius 2 is 1.56 bits per heavy atom. The van der Waals surface area contributed by atoms with Gasteiger partial charge in [0.2, 0.25) is 0 Å². The van der Waals surface area contributed by atoms with Crippen LogP contribution in [0.1, 0.15) is 36.0 Å². The van der Waals surface area contributed by atoms with E-state index in [2.05, 4.69) is 10.2 Å². The Morgan fingerprint density at radius 1 is 0.926 bits per heavy atom. The van der Waals surface area contributed by atoms with Crippen LogP contribution in [0.25, 0.3) is 0 Å². The van der Waals surface area contributed by atoms with E-state index in [-0.39, 0.29) is 17.2 Å². The summed E-state index contributed by atoms with van der Waals surface area (Å²) in [6.07, 6.45) is 4.18. The summed E-state index contributed by atoms with van der Waals surface area (Å²) in [5.74, 6) is -0.0354. The molecule has 1 aromatic rings. The van der Waals surface area contributed by atoms with Gasteiger partial charge in [-0.3, -0.25) is 4.79 Å². The molecule has 7 heteroatoms. The molecule has 0 saturated carbocycles. The first-order chi connectivity index (χ1) is 13.2. The van der Waals surface area contributed by atoms with Crippen LogP contribution in [0.15, 0.2) is 29.5 Å². The van der Waals surface area contributed by atoms with Crippen LogP contribution in [0, 0.1) is 34.0 Å². The van der Waals surface area contributed by atoms with E-state index in [0.29, 0.717) is 11.3 Å². The van der Waals surface area contributed by atoms with Gasteiger partial charge in [-0.05, 0) is 43.9 Å². The standard InChI is InChI=1S/C20H20N6O/c21-12-16(13-22)18(14-23)24-17-11-15(20(27)26-9-3-4-10-26)5-6-19(17)25-7-1-2-8-25/h5-6,11,24H,1-4,7-10H2. The molecule has 1 N–H and O–H groups in total. The second-order valence-electron chi connectivity index (χ2n) is 6.64. The second-order valence-corrected chi connectivity index (χ2v) is 6.64. The van der Waals surface area contributed by atoms with Crippen molar-refractivity contribution in [3.05, 3.63) is 35.0 Å². The lowest BCUT2D eigenvalue weighted by atomic mass is 10.1. The molecule has 0 aliphatic carbocycles. The molecule has 0 spiro atoms. The second kappa shape index (κ2) is 8.25. The Hall–Kier alpha value is -3.50. The minimum Gasteiger partial charge on any atom is -0.370 e. The summed E-state index contributed by atoms with van der Waals surface area (Å²) >= 11 is 0. The molecule has 0 atom stereocenters. The average Bonchev–Trinajstić information content (AvgIpc) is 3.41. The number of amides is 1. The first-order valence-electron chi connectivity index (χ1n) is 9.08. The first-order valence-corrected chi connectivity index (χ1v) is 9.08. The van der Waals surface area contributed by atoms with Crippen LogP contribution in [0.4, 0.5) is 11.4 Å². The number of nitrogens with one attached hydrogen (secondary N) is 1. The van der Waals surface area contributed by atoms with Crippen molar-refractivity contribution in [3.8, 4) is 18.2 Å². The molecule has 2 aliphatic rings. The zero-order valence-electron chi connectivity index (χ0n) is 15.0. The van der Waals surface area contributed by atoms with Gasteiger partial charge < -0.3 is 15.1 Å². The molecule has 0 aromatic heterocycles. The summed E-state index contributed by atoms with van der Waals surface area (Å²) < 4.78 is 0. The van der Waals surface area contributed by atoms with E-state index in [1.165, 1.54) is 0 Å². The van der Waals surface area contributed by atoms with Gasteiger partial charge in [-0.15, -0.1) is 0 Å². The quantitative estimate of drug-likeness (QED) is 0.827. The highest BCUT2D eigenvalue weighted by Gasteiger charge is 2.23. The molecule has 136 valence electrons. The SMILES string of the molecule is N#CC(C#N)=C(C#N)Nc1cc(C(=O)N2CCCC2)ccc1N1CCCC1. The zero-order valence-corrected chi connectivity index (χ0v) is 15.0. The summed E-state index contributed by atoms with van der Waals surface area (Å²) in [6, 6.07) is 10.8. The van der Waals surface area contributed by atoms with Gasteiger partial charge >= 0.3 is 0 Å². The fourth-order valence-corrected chi connectivity index (χ4v) is 3.52. The lowest BCUT2D eigenvalue weighted by Gasteiger charge is -2.23. The van der Waals surface area contributed by atoms with Crippen LogP contribution in [0.3, 0.4) is 0 Å². The number of nitrogens with zero attached hydrogens (tertiary/aromatic N) is 5. The van der Waals surface area contributed by atoms with Crippen molar-refractivity contribution in [1.29, 1.82) is 15.8 Å². The Labute approximate surface area is 158 Å². The van der Waals surface area contributed by atoms with Crippen LogP contribution < -0.4 is 10.2 Å². The largest absolute Gasteiger partial charge is 0.370 e. The third-order valence-corrected chi connectivity index (χ3v) is 4.93. The van der Waals surface area contributed by atoms with Crippen molar-refractivity contribution in [2.75, 3.05) is 36.4 Å². The minimum absolute atomic E-state index is 0.0354. The topological polar surface area (TPSA) is 107 Å². The van der Waals surface area contributed by atoms with E-state index in [9.17, 15) is 10.1 Å². The predicted octanol–water partition coefficient (Wildman–Crippen LogP) is 2.76. The Balaban J connectivity index is 1.99. The van der Waals surface area contributed by atoms with Gasteiger partial charge in [0, 0.05) is 31.7 Å². The lowest BCUT2D eigenvalue weighted by Crippen LogP contribution is -2.28. The highest BCUT2D eigenvalue weighted by Crippen LogP contribution is 2.32. The molecular weight excluding hydrogens is 340 g/mol. The normalized spacial score (nSPS) is 15.6.